The van der Waals surface area contributed by atoms with Crippen LogP contribution in [-0.4, -0.2) is 26.8 Å². The predicted molar refractivity (Wildman–Crippen MR) is 59.5 cm³/mol. The number of rotatable bonds is 4. The van der Waals surface area contributed by atoms with Gasteiger partial charge in [0, 0.05) is 18.5 Å². The second-order valence-corrected chi connectivity index (χ2v) is 3.85. The highest BCUT2D eigenvalue weighted by atomic mass is 16.5. The highest BCUT2D eigenvalue weighted by molar-refractivity contribution is 5.32. The van der Waals surface area contributed by atoms with Crippen LogP contribution in [0.25, 0.3) is 0 Å². The molecule has 1 heterocycles. The van der Waals surface area contributed by atoms with Crippen molar-refractivity contribution in [1.29, 1.82) is 0 Å². The fourth-order valence-electron chi connectivity index (χ4n) is 1.76. The minimum absolute atomic E-state index is 0.649. The molecule has 1 N–H and O–H groups in total. The normalized spacial score (nSPS) is 20.2. The summed E-state index contributed by atoms with van der Waals surface area (Å²) in [6.07, 6.45) is 1.21. The average molecular weight is 207 g/mol. The highest BCUT2D eigenvalue weighted by Gasteiger charge is 2.14. The summed E-state index contributed by atoms with van der Waals surface area (Å²) in [7, 11) is 1.67. The van der Waals surface area contributed by atoms with Gasteiger partial charge in [-0.15, -0.1) is 0 Å². The van der Waals surface area contributed by atoms with Crippen LogP contribution >= 0.6 is 0 Å². The molecule has 1 atom stereocenters. The molecule has 2 rings (SSSR count). The van der Waals surface area contributed by atoms with Crippen LogP contribution in [0.3, 0.4) is 0 Å². The van der Waals surface area contributed by atoms with Crippen molar-refractivity contribution in [3.63, 3.8) is 0 Å². The van der Waals surface area contributed by atoms with E-state index in [1.54, 1.807) is 7.11 Å². The van der Waals surface area contributed by atoms with Gasteiger partial charge in [-0.05, 0) is 25.1 Å². The van der Waals surface area contributed by atoms with E-state index in [-0.39, 0.29) is 0 Å². The summed E-state index contributed by atoms with van der Waals surface area (Å²) in [5.74, 6) is 2.38. The lowest BCUT2D eigenvalue weighted by Crippen LogP contribution is -2.15. The lowest BCUT2D eigenvalue weighted by atomic mass is 10.1. The first kappa shape index (κ1) is 10.3. The van der Waals surface area contributed by atoms with E-state index >= 15 is 0 Å². The Morgan fingerprint density at radius 1 is 1.40 bits per heavy atom. The molecule has 0 saturated carbocycles. The summed E-state index contributed by atoms with van der Waals surface area (Å²) >= 11 is 0. The molecule has 0 radical (unpaired) electrons. The molecule has 15 heavy (non-hydrogen) atoms. The summed E-state index contributed by atoms with van der Waals surface area (Å²) in [5, 5.41) is 3.33. The van der Waals surface area contributed by atoms with Gasteiger partial charge in [0.15, 0.2) is 0 Å². The van der Waals surface area contributed by atoms with Crippen LogP contribution in [0.15, 0.2) is 24.3 Å². The molecule has 0 aromatic heterocycles. The molecule has 0 bridgehead atoms. The zero-order valence-corrected chi connectivity index (χ0v) is 9.03. The van der Waals surface area contributed by atoms with Crippen molar-refractivity contribution in [2.45, 2.75) is 6.42 Å². The summed E-state index contributed by atoms with van der Waals surface area (Å²) in [5.41, 5.74) is 0. The minimum atomic E-state index is 0.649. The van der Waals surface area contributed by atoms with Gasteiger partial charge in [0.1, 0.15) is 11.5 Å². The number of benzene rings is 1. The Balaban J connectivity index is 1.86. The van der Waals surface area contributed by atoms with Crippen molar-refractivity contribution >= 4 is 0 Å². The predicted octanol–water partition coefficient (Wildman–Crippen LogP) is 1.68. The van der Waals surface area contributed by atoms with Crippen LogP contribution in [0.2, 0.25) is 0 Å². The van der Waals surface area contributed by atoms with Gasteiger partial charge in [0.05, 0.1) is 13.7 Å². The maximum Gasteiger partial charge on any atom is 0.122 e. The third-order valence-corrected chi connectivity index (χ3v) is 2.69. The van der Waals surface area contributed by atoms with Crippen LogP contribution in [0, 0.1) is 5.92 Å². The molecule has 0 spiro atoms. The quantitative estimate of drug-likeness (QED) is 0.815. The first-order chi connectivity index (χ1) is 7.38. The smallest absolute Gasteiger partial charge is 0.122 e. The molecule has 1 aliphatic rings. The first-order valence-corrected chi connectivity index (χ1v) is 5.36. The maximum atomic E-state index is 5.71. The van der Waals surface area contributed by atoms with Crippen LogP contribution in [0.5, 0.6) is 11.5 Å². The molecular weight excluding hydrogens is 190 g/mol. The number of hydrogen-bond acceptors (Lipinski definition) is 3. The van der Waals surface area contributed by atoms with E-state index in [1.807, 2.05) is 24.3 Å². The Hall–Kier alpha value is -1.22. The van der Waals surface area contributed by atoms with E-state index in [4.69, 9.17) is 9.47 Å². The van der Waals surface area contributed by atoms with Crippen LogP contribution in [-0.2, 0) is 0 Å². The number of methoxy groups -OCH3 is 1. The Labute approximate surface area is 90.4 Å². The number of hydrogen-bond donors (Lipinski definition) is 1. The minimum Gasteiger partial charge on any atom is -0.497 e. The fourth-order valence-corrected chi connectivity index (χ4v) is 1.76. The summed E-state index contributed by atoms with van der Waals surface area (Å²) < 4.78 is 10.8. The molecule has 1 saturated heterocycles. The second kappa shape index (κ2) is 5.03. The van der Waals surface area contributed by atoms with Gasteiger partial charge in [0.2, 0.25) is 0 Å². The standard InChI is InChI=1S/C12H17NO2/c1-14-11-3-2-4-12(7-11)15-9-10-5-6-13-8-10/h2-4,7,10,13H,5-6,8-9H2,1H3. The Bertz CT molecular complexity index is 308. The lowest BCUT2D eigenvalue weighted by molar-refractivity contribution is 0.259. The second-order valence-electron chi connectivity index (χ2n) is 3.85. The summed E-state index contributed by atoms with van der Waals surface area (Å²) in [6, 6.07) is 7.75. The van der Waals surface area contributed by atoms with Crippen LogP contribution in [0.1, 0.15) is 6.42 Å². The van der Waals surface area contributed by atoms with E-state index in [9.17, 15) is 0 Å². The summed E-state index contributed by atoms with van der Waals surface area (Å²) in [6.45, 7) is 2.98. The van der Waals surface area contributed by atoms with E-state index in [2.05, 4.69) is 5.32 Å². The monoisotopic (exact) mass is 207 g/mol. The number of ether oxygens (including phenoxy) is 2. The van der Waals surface area contributed by atoms with E-state index in [0.29, 0.717) is 5.92 Å². The van der Waals surface area contributed by atoms with E-state index in [1.165, 1.54) is 6.42 Å². The van der Waals surface area contributed by atoms with E-state index in [0.717, 1.165) is 31.2 Å². The molecule has 3 heteroatoms. The molecule has 1 aliphatic heterocycles. The number of nitrogens with one attached hydrogen (secondary N) is 1. The maximum absolute atomic E-state index is 5.71. The van der Waals surface area contributed by atoms with Gasteiger partial charge >= 0.3 is 0 Å². The summed E-state index contributed by atoms with van der Waals surface area (Å²) in [4.78, 5) is 0. The van der Waals surface area contributed by atoms with Crippen LogP contribution < -0.4 is 14.8 Å². The largest absolute Gasteiger partial charge is 0.497 e. The van der Waals surface area contributed by atoms with Gasteiger partial charge in [-0.1, -0.05) is 6.07 Å². The van der Waals surface area contributed by atoms with Crippen molar-refractivity contribution in [1.82, 2.24) is 5.32 Å². The lowest BCUT2D eigenvalue weighted by Gasteiger charge is -2.11. The SMILES string of the molecule is COc1cccc(OCC2CCNC2)c1. The van der Waals surface area contributed by atoms with Gasteiger partial charge in [0.25, 0.3) is 0 Å². The van der Waals surface area contributed by atoms with E-state index < -0.39 is 0 Å². The Morgan fingerprint density at radius 2 is 2.27 bits per heavy atom. The first-order valence-electron chi connectivity index (χ1n) is 5.36. The van der Waals surface area contributed by atoms with Gasteiger partial charge in [-0.2, -0.15) is 0 Å². The highest BCUT2D eigenvalue weighted by Crippen LogP contribution is 2.20. The van der Waals surface area contributed by atoms with Gasteiger partial charge in [-0.3, -0.25) is 0 Å². The third-order valence-electron chi connectivity index (χ3n) is 2.69. The van der Waals surface area contributed by atoms with Crippen molar-refractivity contribution < 1.29 is 9.47 Å². The molecule has 1 fully saturated rings. The van der Waals surface area contributed by atoms with Gasteiger partial charge in [-0.25, -0.2) is 0 Å². The molecule has 1 aromatic carbocycles. The molecule has 1 aromatic rings. The molecule has 1 unspecified atom stereocenters. The molecule has 0 amide bonds. The van der Waals surface area contributed by atoms with Crippen LogP contribution in [0.4, 0.5) is 0 Å². The molecule has 82 valence electrons. The zero-order valence-electron chi connectivity index (χ0n) is 9.03. The Morgan fingerprint density at radius 3 is 3.00 bits per heavy atom. The molecule has 0 aliphatic carbocycles. The van der Waals surface area contributed by atoms with Crippen molar-refractivity contribution in [3.05, 3.63) is 24.3 Å². The average Bonchev–Trinajstić information content (AvgIpc) is 2.79. The fraction of sp³-hybridized carbons (Fsp3) is 0.500. The topological polar surface area (TPSA) is 30.5 Å². The van der Waals surface area contributed by atoms with Crippen molar-refractivity contribution in [2.75, 3.05) is 26.8 Å². The third kappa shape index (κ3) is 2.86. The van der Waals surface area contributed by atoms with Crippen molar-refractivity contribution in [2.24, 2.45) is 5.92 Å². The molecular formula is C12H17NO2. The zero-order chi connectivity index (χ0) is 10.5. The Kier molecular flexibility index (Phi) is 3.45. The van der Waals surface area contributed by atoms with Gasteiger partial charge < -0.3 is 14.8 Å². The molecule has 3 nitrogen and oxygen atoms in total. The van der Waals surface area contributed by atoms with Crippen molar-refractivity contribution in [3.8, 4) is 11.5 Å².